The maximum Gasteiger partial charge on any atom is 0.301 e. The van der Waals surface area contributed by atoms with E-state index >= 15 is 0 Å². The molecule has 1 aromatic carbocycles. The lowest BCUT2D eigenvalue weighted by atomic mass is 10.2. The fraction of sp³-hybridized carbons (Fsp3) is 0.455. The van der Waals surface area contributed by atoms with Gasteiger partial charge in [0.05, 0.1) is 31.7 Å². The van der Waals surface area contributed by atoms with E-state index in [9.17, 15) is 8.42 Å². The number of ether oxygens (including phenoxy) is 2. The molecule has 106 valence electrons. The molecule has 7 nitrogen and oxygen atoms in total. The van der Waals surface area contributed by atoms with Crippen molar-refractivity contribution in [3.8, 4) is 5.75 Å². The average Bonchev–Trinajstić information content (AvgIpc) is 2.39. The maximum atomic E-state index is 12.1. The van der Waals surface area contributed by atoms with Gasteiger partial charge in [0, 0.05) is 13.1 Å². The van der Waals surface area contributed by atoms with E-state index < -0.39 is 10.2 Å². The zero-order valence-corrected chi connectivity index (χ0v) is 11.4. The number of nitrogens with one attached hydrogen (secondary N) is 1. The fourth-order valence-corrected chi connectivity index (χ4v) is 2.98. The van der Waals surface area contributed by atoms with Crippen molar-refractivity contribution in [3.05, 3.63) is 18.2 Å². The summed E-state index contributed by atoms with van der Waals surface area (Å²) in [5.74, 6) is 0.509. The molecule has 2 rings (SSSR count). The zero-order valence-electron chi connectivity index (χ0n) is 10.6. The number of anilines is 2. The molecule has 1 heterocycles. The number of morpholine rings is 1. The van der Waals surface area contributed by atoms with Crippen molar-refractivity contribution in [1.29, 1.82) is 0 Å². The predicted molar refractivity (Wildman–Crippen MR) is 72.3 cm³/mol. The van der Waals surface area contributed by atoms with Crippen LogP contribution in [0.5, 0.6) is 5.75 Å². The third-order valence-corrected chi connectivity index (χ3v) is 4.33. The molecule has 1 aromatic rings. The Morgan fingerprint density at radius 1 is 1.37 bits per heavy atom. The minimum atomic E-state index is -3.57. The van der Waals surface area contributed by atoms with Crippen LogP contribution in [0.4, 0.5) is 11.4 Å². The number of rotatable bonds is 4. The highest BCUT2D eigenvalue weighted by Crippen LogP contribution is 2.25. The smallest absolute Gasteiger partial charge is 0.301 e. The van der Waals surface area contributed by atoms with Gasteiger partial charge in [-0.25, -0.2) is 0 Å². The van der Waals surface area contributed by atoms with Crippen LogP contribution >= 0.6 is 0 Å². The first-order chi connectivity index (χ1) is 9.03. The Balaban J connectivity index is 2.13. The van der Waals surface area contributed by atoms with E-state index in [2.05, 4.69) is 4.72 Å². The molecule has 1 aliphatic heterocycles. The summed E-state index contributed by atoms with van der Waals surface area (Å²) in [6.45, 7) is 1.51. The molecular weight excluding hydrogens is 270 g/mol. The van der Waals surface area contributed by atoms with Crippen LogP contribution in [0, 0.1) is 0 Å². The summed E-state index contributed by atoms with van der Waals surface area (Å²) in [5, 5.41) is 0. The number of hydrogen-bond acceptors (Lipinski definition) is 5. The van der Waals surface area contributed by atoms with E-state index in [1.165, 1.54) is 17.5 Å². The zero-order chi connectivity index (χ0) is 13.9. The molecular formula is C11H17N3O4S. The van der Waals surface area contributed by atoms with Crippen molar-refractivity contribution in [2.45, 2.75) is 0 Å². The number of benzene rings is 1. The molecule has 0 aliphatic carbocycles. The lowest BCUT2D eigenvalue weighted by molar-refractivity contribution is 0.0733. The first-order valence-electron chi connectivity index (χ1n) is 5.82. The highest BCUT2D eigenvalue weighted by atomic mass is 32.2. The van der Waals surface area contributed by atoms with Crippen LogP contribution in [-0.4, -0.2) is 46.1 Å². The van der Waals surface area contributed by atoms with Gasteiger partial charge in [0.15, 0.2) is 0 Å². The molecule has 0 atom stereocenters. The number of nitrogens with zero attached hydrogens (tertiary/aromatic N) is 1. The van der Waals surface area contributed by atoms with E-state index in [4.69, 9.17) is 15.2 Å². The van der Waals surface area contributed by atoms with Gasteiger partial charge in [-0.15, -0.1) is 0 Å². The summed E-state index contributed by atoms with van der Waals surface area (Å²) < 4.78 is 38.2. The van der Waals surface area contributed by atoms with E-state index in [0.29, 0.717) is 43.4 Å². The highest BCUT2D eigenvalue weighted by molar-refractivity contribution is 7.90. The Bertz CT molecular complexity index is 541. The quantitative estimate of drug-likeness (QED) is 0.775. The minimum absolute atomic E-state index is 0.348. The van der Waals surface area contributed by atoms with E-state index in [1.807, 2.05) is 0 Å². The summed E-state index contributed by atoms with van der Waals surface area (Å²) in [7, 11) is -2.06. The predicted octanol–water partition coefficient (Wildman–Crippen LogP) is 0.266. The number of methoxy groups -OCH3 is 1. The van der Waals surface area contributed by atoms with Crippen LogP contribution in [0.1, 0.15) is 0 Å². The molecule has 1 saturated heterocycles. The van der Waals surface area contributed by atoms with Gasteiger partial charge < -0.3 is 15.2 Å². The monoisotopic (exact) mass is 287 g/mol. The Kier molecular flexibility index (Phi) is 4.13. The maximum absolute atomic E-state index is 12.1. The molecule has 0 bridgehead atoms. The van der Waals surface area contributed by atoms with Crippen LogP contribution in [0.3, 0.4) is 0 Å². The lowest BCUT2D eigenvalue weighted by Crippen LogP contribution is -2.43. The fourth-order valence-electron chi connectivity index (χ4n) is 1.80. The normalized spacial score (nSPS) is 17.1. The molecule has 0 spiro atoms. The van der Waals surface area contributed by atoms with E-state index in [0.717, 1.165) is 0 Å². The van der Waals surface area contributed by atoms with Gasteiger partial charge >= 0.3 is 10.2 Å². The Hall–Kier alpha value is -1.51. The van der Waals surface area contributed by atoms with Gasteiger partial charge in [-0.2, -0.15) is 12.7 Å². The molecule has 1 fully saturated rings. The van der Waals surface area contributed by atoms with E-state index in [-0.39, 0.29) is 0 Å². The third-order valence-electron chi connectivity index (χ3n) is 2.79. The molecule has 8 heteroatoms. The Labute approximate surface area is 112 Å². The number of hydrogen-bond donors (Lipinski definition) is 2. The highest BCUT2D eigenvalue weighted by Gasteiger charge is 2.24. The average molecular weight is 287 g/mol. The minimum Gasteiger partial charge on any atom is -0.495 e. The van der Waals surface area contributed by atoms with Gasteiger partial charge in [-0.05, 0) is 18.2 Å². The van der Waals surface area contributed by atoms with Gasteiger partial charge in [-0.3, -0.25) is 4.72 Å². The summed E-state index contributed by atoms with van der Waals surface area (Å²) >= 11 is 0. The second kappa shape index (κ2) is 5.64. The molecule has 0 aromatic heterocycles. The van der Waals surface area contributed by atoms with Crippen molar-refractivity contribution in [2.75, 3.05) is 43.9 Å². The molecule has 0 saturated carbocycles. The molecule has 0 unspecified atom stereocenters. The second-order valence-corrected chi connectivity index (χ2v) is 5.75. The first-order valence-corrected chi connectivity index (χ1v) is 7.26. The van der Waals surface area contributed by atoms with Gasteiger partial charge in [0.1, 0.15) is 5.75 Å². The summed E-state index contributed by atoms with van der Waals surface area (Å²) in [6.07, 6.45) is 0. The first kappa shape index (κ1) is 13.9. The molecule has 19 heavy (non-hydrogen) atoms. The molecule has 1 aliphatic rings. The van der Waals surface area contributed by atoms with Crippen LogP contribution in [0.2, 0.25) is 0 Å². The van der Waals surface area contributed by atoms with Crippen molar-refractivity contribution in [1.82, 2.24) is 4.31 Å². The molecule has 0 radical (unpaired) electrons. The lowest BCUT2D eigenvalue weighted by Gasteiger charge is -2.26. The van der Waals surface area contributed by atoms with Gasteiger partial charge in [0.25, 0.3) is 0 Å². The van der Waals surface area contributed by atoms with Crippen LogP contribution in [0.25, 0.3) is 0 Å². The van der Waals surface area contributed by atoms with Crippen molar-refractivity contribution in [3.63, 3.8) is 0 Å². The summed E-state index contributed by atoms with van der Waals surface area (Å²) in [4.78, 5) is 0. The summed E-state index contributed by atoms with van der Waals surface area (Å²) in [5.41, 5.74) is 6.52. The van der Waals surface area contributed by atoms with Crippen molar-refractivity contribution < 1.29 is 17.9 Å². The van der Waals surface area contributed by atoms with Gasteiger partial charge in [0.2, 0.25) is 0 Å². The van der Waals surface area contributed by atoms with Crippen molar-refractivity contribution in [2.24, 2.45) is 0 Å². The Morgan fingerprint density at radius 2 is 2.05 bits per heavy atom. The SMILES string of the molecule is COc1ccc(NS(=O)(=O)N2CCOCC2)cc1N. The second-order valence-electron chi connectivity index (χ2n) is 4.08. The van der Waals surface area contributed by atoms with Crippen LogP contribution in [-0.2, 0) is 14.9 Å². The third kappa shape index (κ3) is 3.28. The molecule has 3 N–H and O–H groups in total. The summed E-state index contributed by atoms with van der Waals surface area (Å²) in [6, 6.07) is 4.75. The van der Waals surface area contributed by atoms with E-state index in [1.54, 1.807) is 12.1 Å². The van der Waals surface area contributed by atoms with Crippen LogP contribution < -0.4 is 15.2 Å². The van der Waals surface area contributed by atoms with Gasteiger partial charge in [-0.1, -0.05) is 0 Å². The van der Waals surface area contributed by atoms with Crippen LogP contribution in [0.15, 0.2) is 18.2 Å². The number of nitrogens with two attached hydrogens (primary N) is 1. The largest absolute Gasteiger partial charge is 0.495 e. The molecule has 0 amide bonds. The standard InChI is InChI=1S/C11H17N3O4S/c1-17-11-3-2-9(8-10(11)12)13-19(15,16)14-4-6-18-7-5-14/h2-3,8,13H,4-7,12H2,1H3. The topological polar surface area (TPSA) is 93.9 Å². The Morgan fingerprint density at radius 3 is 2.63 bits per heavy atom. The van der Waals surface area contributed by atoms with Crippen molar-refractivity contribution >= 4 is 21.6 Å². The number of nitrogen functional groups attached to an aromatic ring is 1.